The van der Waals surface area contributed by atoms with Crippen LogP contribution >= 0.6 is 11.8 Å². The number of benzene rings is 2. The van der Waals surface area contributed by atoms with E-state index in [1.165, 1.54) is 21.4 Å². The smallest absolute Gasteiger partial charge is 0.103 e. The van der Waals surface area contributed by atoms with Crippen molar-refractivity contribution in [1.82, 2.24) is 15.1 Å². The number of nitrogens with one attached hydrogen (secondary N) is 1. The van der Waals surface area contributed by atoms with Crippen molar-refractivity contribution in [3.8, 4) is 11.3 Å². The van der Waals surface area contributed by atoms with Gasteiger partial charge in [-0.2, -0.15) is 5.10 Å². The molecule has 5 heteroatoms. The van der Waals surface area contributed by atoms with Gasteiger partial charge in [-0.05, 0) is 24.7 Å². The number of nitrogens with zero attached hydrogens (tertiary/aromatic N) is 2. The first-order chi connectivity index (χ1) is 10.8. The summed E-state index contributed by atoms with van der Waals surface area (Å²) in [6.07, 6.45) is 0. The lowest BCUT2D eigenvalue weighted by Crippen LogP contribution is -2.19. The highest BCUT2D eigenvalue weighted by atomic mass is 32.2. The molecular formula is C17H18N4S. The van der Waals surface area contributed by atoms with Gasteiger partial charge >= 0.3 is 0 Å². The molecule has 2 heterocycles. The van der Waals surface area contributed by atoms with Crippen LogP contribution in [0.4, 0.5) is 5.69 Å². The molecule has 0 spiro atoms. The van der Waals surface area contributed by atoms with Gasteiger partial charge in [0.15, 0.2) is 0 Å². The predicted molar refractivity (Wildman–Crippen MR) is 92.2 cm³/mol. The number of nitrogen functional groups attached to an aromatic ring is 1. The van der Waals surface area contributed by atoms with Gasteiger partial charge in [0.25, 0.3) is 0 Å². The Hall–Kier alpha value is -1.98. The van der Waals surface area contributed by atoms with Crippen molar-refractivity contribution in [1.29, 1.82) is 0 Å². The lowest BCUT2D eigenvalue weighted by molar-refractivity contribution is 0.580. The number of likely N-dealkylation sites (N-methyl/N-ethyl adjacent to an activating group) is 1. The second-order valence-corrected chi connectivity index (χ2v) is 6.45. The minimum Gasteiger partial charge on any atom is -0.398 e. The maximum Gasteiger partial charge on any atom is 0.103 e. The Morgan fingerprint density at radius 3 is 2.95 bits per heavy atom. The SMILES string of the molecule is CCNCCn1nc2c3c(c(N)ccc31)Sc1ccccc1-2. The molecule has 0 amide bonds. The van der Waals surface area contributed by atoms with E-state index in [1.807, 2.05) is 6.07 Å². The van der Waals surface area contributed by atoms with E-state index < -0.39 is 0 Å². The lowest BCUT2D eigenvalue weighted by atomic mass is 10.1. The molecule has 22 heavy (non-hydrogen) atoms. The average Bonchev–Trinajstić information content (AvgIpc) is 2.91. The fourth-order valence-electron chi connectivity index (χ4n) is 2.95. The minimum absolute atomic E-state index is 0.833. The third-order valence-electron chi connectivity index (χ3n) is 4.01. The van der Waals surface area contributed by atoms with E-state index in [4.69, 9.17) is 10.8 Å². The standard InChI is InChI=1S/C17H18N4S/c1-2-19-9-10-21-13-8-7-12(18)17-15(13)16(20-21)11-5-3-4-6-14(11)22-17/h3-8,19H,2,9-10,18H2,1H3. The van der Waals surface area contributed by atoms with E-state index in [0.29, 0.717) is 0 Å². The van der Waals surface area contributed by atoms with Crippen LogP contribution in [0, 0.1) is 0 Å². The minimum atomic E-state index is 0.833. The van der Waals surface area contributed by atoms with Crippen LogP contribution in [-0.2, 0) is 6.54 Å². The Morgan fingerprint density at radius 2 is 2.09 bits per heavy atom. The maximum atomic E-state index is 6.22. The fourth-order valence-corrected chi connectivity index (χ4v) is 4.08. The Labute approximate surface area is 133 Å². The largest absolute Gasteiger partial charge is 0.398 e. The van der Waals surface area contributed by atoms with E-state index >= 15 is 0 Å². The second-order valence-electron chi connectivity index (χ2n) is 5.40. The third kappa shape index (κ3) is 2.01. The number of anilines is 1. The van der Waals surface area contributed by atoms with Crippen molar-refractivity contribution in [3.63, 3.8) is 0 Å². The quantitative estimate of drug-likeness (QED) is 0.448. The van der Waals surface area contributed by atoms with E-state index in [0.717, 1.165) is 35.9 Å². The van der Waals surface area contributed by atoms with Gasteiger partial charge < -0.3 is 11.1 Å². The second kappa shape index (κ2) is 5.34. The molecule has 4 rings (SSSR count). The molecule has 0 unspecified atom stereocenters. The molecule has 112 valence electrons. The highest BCUT2D eigenvalue weighted by Gasteiger charge is 2.24. The summed E-state index contributed by atoms with van der Waals surface area (Å²) in [7, 11) is 0. The first-order valence-corrected chi connectivity index (χ1v) is 8.38. The summed E-state index contributed by atoms with van der Waals surface area (Å²) < 4.78 is 2.10. The number of hydrogen-bond donors (Lipinski definition) is 2. The van der Waals surface area contributed by atoms with Crippen LogP contribution in [0.1, 0.15) is 6.92 Å². The molecule has 0 aliphatic carbocycles. The van der Waals surface area contributed by atoms with Crippen molar-refractivity contribution >= 4 is 28.4 Å². The van der Waals surface area contributed by atoms with Crippen molar-refractivity contribution in [2.75, 3.05) is 18.8 Å². The van der Waals surface area contributed by atoms with Gasteiger partial charge in [0, 0.05) is 33.0 Å². The summed E-state index contributed by atoms with van der Waals surface area (Å²) in [5, 5.41) is 9.44. The molecule has 3 N–H and O–H groups in total. The number of fused-ring (bicyclic) bond motifs is 2. The third-order valence-corrected chi connectivity index (χ3v) is 5.23. The lowest BCUT2D eigenvalue weighted by Gasteiger charge is -2.16. The van der Waals surface area contributed by atoms with Crippen LogP contribution in [0.25, 0.3) is 22.2 Å². The van der Waals surface area contributed by atoms with Crippen molar-refractivity contribution in [3.05, 3.63) is 36.4 Å². The van der Waals surface area contributed by atoms with Gasteiger partial charge in [-0.15, -0.1) is 0 Å². The average molecular weight is 310 g/mol. The Bertz CT molecular complexity index is 853. The molecule has 1 aliphatic rings. The Kier molecular flexibility index (Phi) is 3.32. The highest BCUT2D eigenvalue weighted by molar-refractivity contribution is 8.00. The van der Waals surface area contributed by atoms with Crippen LogP contribution in [0.3, 0.4) is 0 Å². The molecule has 0 radical (unpaired) electrons. The molecule has 1 aliphatic heterocycles. The maximum absolute atomic E-state index is 6.22. The summed E-state index contributed by atoms with van der Waals surface area (Å²) in [6, 6.07) is 12.5. The van der Waals surface area contributed by atoms with E-state index in [9.17, 15) is 0 Å². The molecule has 0 fully saturated rings. The molecule has 1 aromatic heterocycles. The zero-order valence-corrected chi connectivity index (χ0v) is 13.3. The fraction of sp³-hybridized carbons (Fsp3) is 0.235. The monoisotopic (exact) mass is 310 g/mol. The van der Waals surface area contributed by atoms with E-state index in [2.05, 4.69) is 47.3 Å². The van der Waals surface area contributed by atoms with Crippen LogP contribution in [0.15, 0.2) is 46.2 Å². The van der Waals surface area contributed by atoms with Gasteiger partial charge in [-0.25, -0.2) is 0 Å². The predicted octanol–water partition coefficient (Wildman–Crippen LogP) is 3.36. The van der Waals surface area contributed by atoms with Crippen LogP contribution < -0.4 is 11.1 Å². The van der Waals surface area contributed by atoms with Gasteiger partial charge in [-0.1, -0.05) is 36.9 Å². The van der Waals surface area contributed by atoms with Crippen LogP contribution in [-0.4, -0.2) is 22.9 Å². The number of rotatable bonds is 4. The Morgan fingerprint density at radius 1 is 1.23 bits per heavy atom. The van der Waals surface area contributed by atoms with Crippen molar-refractivity contribution in [2.24, 2.45) is 0 Å². The van der Waals surface area contributed by atoms with Gasteiger partial charge in [0.1, 0.15) is 5.69 Å². The molecule has 0 bridgehead atoms. The van der Waals surface area contributed by atoms with Crippen LogP contribution in [0.5, 0.6) is 0 Å². The summed E-state index contributed by atoms with van der Waals surface area (Å²) in [5.74, 6) is 0. The van der Waals surface area contributed by atoms with Gasteiger partial charge in [-0.3, -0.25) is 4.68 Å². The molecule has 4 nitrogen and oxygen atoms in total. The highest BCUT2D eigenvalue weighted by Crippen LogP contribution is 2.49. The number of aromatic nitrogens is 2. The summed E-state index contributed by atoms with van der Waals surface area (Å²) in [4.78, 5) is 2.37. The van der Waals surface area contributed by atoms with Gasteiger partial charge in [0.05, 0.1) is 12.1 Å². The first kappa shape index (κ1) is 13.7. The van der Waals surface area contributed by atoms with Crippen molar-refractivity contribution in [2.45, 2.75) is 23.3 Å². The van der Waals surface area contributed by atoms with E-state index in [-0.39, 0.29) is 0 Å². The normalized spacial score (nSPS) is 12.6. The topological polar surface area (TPSA) is 55.9 Å². The molecule has 3 aromatic rings. The molecular weight excluding hydrogens is 292 g/mol. The zero-order chi connectivity index (χ0) is 15.1. The summed E-state index contributed by atoms with van der Waals surface area (Å²) in [6.45, 7) is 4.87. The summed E-state index contributed by atoms with van der Waals surface area (Å²) >= 11 is 1.75. The first-order valence-electron chi connectivity index (χ1n) is 7.56. The molecule has 0 atom stereocenters. The van der Waals surface area contributed by atoms with Crippen molar-refractivity contribution < 1.29 is 0 Å². The van der Waals surface area contributed by atoms with Gasteiger partial charge in [0.2, 0.25) is 0 Å². The molecule has 0 saturated heterocycles. The molecule has 0 saturated carbocycles. The summed E-state index contributed by atoms with van der Waals surface area (Å²) in [5.41, 5.74) is 10.5. The van der Waals surface area contributed by atoms with Crippen LogP contribution in [0.2, 0.25) is 0 Å². The molecule has 2 aromatic carbocycles. The number of nitrogens with two attached hydrogens (primary N) is 1. The van der Waals surface area contributed by atoms with E-state index in [1.54, 1.807) is 11.8 Å². The zero-order valence-electron chi connectivity index (χ0n) is 12.5. The Balaban J connectivity index is 1.93. The number of hydrogen-bond acceptors (Lipinski definition) is 4.